The van der Waals surface area contributed by atoms with Crippen LogP contribution in [0.25, 0.3) is 16.8 Å². The SMILES string of the molecule is Cc1[nH]n2c(=O)cc(C3CCCN(C)C3)nc2c1-c1ccc(C(F)(F)F)cc1. The molecule has 3 heterocycles. The number of hydrogen-bond donors (Lipinski definition) is 1. The minimum Gasteiger partial charge on any atom is -0.306 e. The van der Waals surface area contributed by atoms with Crippen LogP contribution in [0.5, 0.6) is 0 Å². The maximum Gasteiger partial charge on any atom is 0.416 e. The van der Waals surface area contributed by atoms with Gasteiger partial charge in [-0.05, 0) is 51.1 Å². The van der Waals surface area contributed by atoms with Crippen molar-refractivity contribution in [2.45, 2.75) is 31.9 Å². The molecule has 1 N–H and O–H groups in total. The molecule has 0 aliphatic carbocycles. The second kappa shape index (κ2) is 6.77. The second-order valence-corrected chi connectivity index (χ2v) is 7.47. The fourth-order valence-corrected chi connectivity index (χ4v) is 3.96. The van der Waals surface area contributed by atoms with Crippen LogP contribution in [-0.2, 0) is 6.18 Å². The van der Waals surface area contributed by atoms with Gasteiger partial charge in [0.2, 0.25) is 0 Å². The molecule has 0 radical (unpaired) electrons. The molecule has 1 saturated heterocycles. The first-order chi connectivity index (χ1) is 13.2. The number of rotatable bonds is 2. The summed E-state index contributed by atoms with van der Waals surface area (Å²) in [7, 11) is 2.05. The Morgan fingerprint density at radius 3 is 2.57 bits per heavy atom. The van der Waals surface area contributed by atoms with E-state index in [9.17, 15) is 18.0 Å². The summed E-state index contributed by atoms with van der Waals surface area (Å²) in [5.41, 5.74) is 2.20. The largest absolute Gasteiger partial charge is 0.416 e. The van der Waals surface area contributed by atoms with E-state index in [2.05, 4.69) is 10.00 Å². The highest BCUT2D eigenvalue weighted by atomic mass is 19.4. The van der Waals surface area contributed by atoms with E-state index in [0.29, 0.717) is 22.5 Å². The monoisotopic (exact) mass is 390 g/mol. The lowest BCUT2D eigenvalue weighted by atomic mass is 9.95. The van der Waals surface area contributed by atoms with Crippen molar-refractivity contribution in [1.29, 1.82) is 0 Å². The Bertz CT molecular complexity index is 1070. The van der Waals surface area contributed by atoms with Crippen molar-refractivity contribution in [2.75, 3.05) is 20.1 Å². The Labute approximate surface area is 159 Å². The zero-order valence-electron chi connectivity index (χ0n) is 15.7. The first-order valence-corrected chi connectivity index (χ1v) is 9.22. The third kappa shape index (κ3) is 3.32. The van der Waals surface area contributed by atoms with Gasteiger partial charge in [-0.15, -0.1) is 0 Å². The molecule has 0 saturated carbocycles. The molecule has 4 rings (SSSR count). The second-order valence-electron chi connectivity index (χ2n) is 7.47. The van der Waals surface area contributed by atoms with E-state index in [1.165, 1.54) is 16.6 Å². The molecule has 0 bridgehead atoms. The minimum absolute atomic E-state index is 0.173. The number of H-pyrrole nitrogens is 1. The third-order valence-electron chi connectivity index (χ3n) is 5.36. The molecule has 1 aliphatic rings. The van der Waals surface area contributed by atoms with Crippen molar-refractivity contribution in [3.8, 4) is 11.1 Å². The zero-order chi connectivity index (χ0) is 20.1. The Morgan fingerprint density at radius 1 is 1.21 bits per heavy atom. The highest BCUT2D eigenvalue weighted by molar-refractivity contribution is 5.80. The summed E-state index contributed by atoms with van der Waals surface area (Å²) >= 11 is 0. The van der Waals surface area contributed by atoms with Crippen LogP contribution in [0.4, 0.5) is 13.2 Å². The Morgan fingerprint density at radius 2 is 1.93 bits per heavy atom. The summed E-state index contributed by atoms with van der Waals surface area (Å²) in [6.07, 6.45) is -2.38. The number of likely N-dealkylation sites (tertiary alicyclic amines) is 1. The highest BCUT2D eigenvalue weighted by Crippen LogP contribution is 2.33. The van der Waals surface area contributed by atoms with Crippen molar-refractivity contribution < 1.29 is 13.2 Å². The molecule has 1 atom stereocenters. The van der Waals surface area contributed by atoms with Crippen LogP contribution in [0.3, 0.4) is 0 Å². The standard InChI is InChI=1S/C20H21F3N4O/c1-12-18(13-5-7-15(8-6-13)20(21,22)23)19-24-16(10-17(28)27(19)25-12)14-4-3-9-26(2)11-14/h5-8,10,14,25H,3-4,9,11H2,1-2H3. The van der Waals surface area contributed by atoms with E-state index in [0.717, 1.165) is 43.8 Å². The molecule has 1 aromatic carbocycles. The number of fused-ring (bicyclic) bond motifs is 1. The van der Waals surface area contributed by atoms with Crippen LogP contribution < -0.4 is 5.56 Å². The zero-order valence-corrected chi connectivity index (χ0v) is 15.7. The topological polar surface area (TPSA) is 53.4 Å². The lowest BCUT2D eigenvalue weighted by Gasteiger charge is -2.29. The van der Waals surface area contributed by atoms with Gasteiger partial charge in [-0.1, -0.05) is 12.1 Å². The van der Waals surface area contributed by atoms with E-state index in [1.807, 2.05) is 7.05 Å². The van der Waals surface area contributed by atoms with Crippen molar-refractivity contribution in [3.63, 3.8) is 0 Å². The van der Waals surface area contributed by atoms with Gasteiger partial charge in [-0.25, -0.2) is 9.50 Å². The summed E-state index contributed by atoms with van der Waals surface area (Å²) in [6.45, 7) is 3.65. The van der Waals surface area contributed by atoms with E-state index in [-0.39, 0.29) is 11.5 Å². The maximum absolute atomic E-state index is 12.9. The summed E-state index contributed by atoms with van der Waals surface area (Å²) in [5, 5.41) is 2.99. The van der Waals surface area contributed by atoms with Gasteiger partial charge >= 0.3 is 6.18 Å². The summed E-state index contributed by atoms with van der Waals surface area (Å²) in [6, 6.07) is 6.51. The highest BCUT2D eigenvalue weighted by Gasteiger charge is 2.30. The number of aromatic nitrogens is 3. The van der Waals surface area contributed by atoms with Crippen molar-refractivity contribution in [1.82, 2.24) is 19.5 Å². The van der Waals surface area contributed by atoms with Gasteiger partial charge in [-0.2, -0.15) is 13.2 Å². The van der Waals surface area contributed by atoms with Crippen LogP contribution in [0.1, 0.15) is 35.7 Å². The molecule has 3 aromatic rings. The summed E-state index contributed by atoms with van der Waals surface area (Å²) in [4.78, 5) is 19.6. The average molecular weight is 390 g/mol. The Kier molecular flexibility index (Phi) is 4.53. The van der Waals surface area contributed by atoms with Gasteiger partial charge < -0.3 is 4.90 Å². The van der Waals surface area contributed by atoms with Gasteiger partial charge in [0.1, 0.15) is 0 Å². The van der Waals surface area contributed by atoms with E-state index in [4.69, 9.17) is 4.98 Å². The molecule has 0 amide bonds. The number of benzene rings is 1. The average Bonchev–Trinajstić information content (AvgIpc) is 2.97. The lowest BCUT2D eigenvalue weighted by Crippen LogP contribution is -2.32. The lowest BCUT2D eigenvalue weighted by molar-refractivity contribution is -0.137. The van der Waals surface area contributed by atoms with Crippen molar-refractivity contribution in [2.24, 2.45) is 0 Å². The maximum atomic E-state index is 12.9. The quantitative estimate of drug-likeness (QED) is 0.724. The molecule has 2 aromatic heterocycles. The predicted molar refractivity (Wildman–Crippen MR) is 100 cm³/mol. The predicted octanol–water partition coefficient (Wildman–Crippen LogP) is 3.83. The first kappa shape index (κ1) is 18.7. The van der Waals surface area contributed by atoms with Gasteiger partial charge in [0, 0.05) is 29.8 Å². The normalized spacial score (nSPS) is 18.7. The van der Waals surface area contributed by atoms with Crippen molar-refractivity contribution in [3.05, 3.63) is 57.6 Å². The number of nitrogens with zero attached hydrogens (tertiary/aromatic N) is 3. The molecule has 1 fully saturated rings. The minimum atomic E-state index is -4.39. The molecule has 28 heavy (non-hydrogen) atoms. The smallest absolute Gasteiger partial charge is 0.306 e. The molecule has 1 aliphatic heterocycles. The van der Waals surface area contributed by atoms with Crippen molar-refractivity contribution >= 4 is 5.65 Å². The van der Waals surface area contributed by atoms with E-state index >= 15 is 0 Å². The van der Waals surface area contributed by atoms with E-state index < -0.39 is 11.7 Å². The fraction of sp³-hybridized carbons (Fsp3) is 0.400. The van der Waals surface area contributed by atoms with Crippen LogP contribution in [0.15, 0.2) is 35.1 Å². The van der Waals surface area contributed by atoms with Crippen LogP contribution in [0.2, 0.25) is 0 Å². The number of halogens is 3. The summed E-state index contributed by atoms with van der Waals surface area (Å²) in [5.74, 6) is 0.173. The number of likely N-dealkylation sites (N-methyl/N-ethyl adjacent to an activating group) is 1. The van der Waals surface area contributed by atoms with Gasteiger partial charge in [0.25, 0.3) is 5.56 Å². The molecule has 1 unspecified atom stereocenters. The number of aromatic amines is 1. The fourth-order valence-electron chi connectivity index (χ4n) is 3.96. The number of aryl methyl sites for hydroxylation is 1. The molecule has 148 valence electrons. The van der Waals surface area contributed by atoms with E-state index in [1.54, 1.807) is 13.0 Å². The van der Waals surface area contributed by atoms with Crippen LogP contribution in [0, 0.1) is 6.92 Å². The summed E-state index contributed by atoms with van der Waals surface area (Å²) < 4.78 is 40.0. The van der Waals surface area contributed by atoms with Crippen LogP contribution in [-0.4, -0.2) is 39.6 Å². The first-order valence-electron chi connectivity index (χ1n) is 9.22. The van der Waals surface area contributed by atoms with Gasteiger partial charge in [-0.3, -0.25) is 9.89 Å². The van der Waals surface area contributed by atoms with Gasteiger partial charge in [0.15, 0.2) is 5.65 Å². The molecular weight excluding hydrogens is 369 g/mol. The molecule has 5 nitrogen and oxygen atoms in total. The number of nitrogens with one attached hydrogen (secondary N) is 1. The number of hydrogen-bond acceptors (Lipinski definition) is 3. The molecule has 8 heteroatoms. The number of piperidine rings is 1. The Hall–Kier alpha value is -2.61. The number of alkyl halides is 3. The van der Waals surface area contributed by atoms with Gasteiger partial charge in [0.05, 0.1) is 11.3 Å². The third-order valence-corrected chi connectivity index (χ3v) is 5.36. The molecule has 0 spiro atoms. The van der Waals surface area contributed by atoms with Crippen LogP contribution >= 0.6 is 0 Å². The molecular formula is C20H21F3N4O. The Balaban J connectivity index is 1.82.